The summed E-state index contributed by atoms with van der Waals surface area (Å²) >= 11 is 0. The van der Waals surface area contributed by atoms with Crippen LogP contribution in [-0.2, 0) is 11.2 Å². The van der Waals surface area contributed by atoms with Gasteiger partial charge in [0.1, 0.15) is 11.5 Å². The number of ether oxygens (including phenoxy) is 1. The Kier molecular flexibility index (Phi) is 7.57. The monoisotopic (exact) mass is 332 g/mol. The van der Waals surface area contributed by atoms with Gasteiger partial charge in [-0.25, -0.2) is 0 Å². The SMILES string of the molecule is CCCCC1CCN(CCC(=O)Cc2cc(OC)ccc2N)CC1. The van der Waals surface area contributed by atoms with Crippen molar-refractivity contribution in [2.45, 2.75) is 51.9 Å². The molecule has 2 rings (SSSR count). The first-order valence-corrected chi connectivity index (χ1v) is 9.28. The van der Waals surface area contributed by atoms with Crippen molar-refractivity contribution in [2.24, 2.45) is 5.92 Å². The van der Waals surface area contributed by atoms with E-state index in [1.54, 1.807) is 7.11 Å². The molecule has 24 heavy (non-hydrogen) atoms. The summed E-state index contributed by atoms with van der Waals surface area (Å²) in [5.74, 6) is 1.90. The highest BCUT2D eigenvalue weighted by molar-refractivity contribution is 5.82. The Bertz CT molecular complexity index is 522. The van der Waals surface area contributed by atoms with E-state index in [4.69, 9.17) is 10.5 Å². The Labute approximate surface area is 146 Å². The first kappa shape index (κ1) is 18.8. The molecule has 4 heteroatoms. The molecule has 0 unspecified atom stereocenters. The number of hydrogen-bond acceptors (Lipinski definition) is 4. The topological polar surface area (TPSA) is 55.6 Å². The number of nitrogens with zero attached hydrogens (tertiary/aromatic N) is 1. The van der Waals surface area contributed by atoms with E-state index in [0.29, 0.717) is 18.5 Å². The predicted octanol–water partition coefficient (Wildman–Crippen LogP) is 3.68. The molecule has 0 saturated carbocycles. The van der Waals surface area contributed by atoms with E-state index in [-0.39, 0.29) is 5.78 Å². The van der Waals surface area contributed by atoms with Gasteiger partial charge in [0.05, 0.1) is 7.11 Å². The number of ketones is 1. The molecular formula is C20H32N2O2. The number of unbranched alkanes of at least 4 members (excludes halogenated alkanes) is 1. The third-order valence-electron chi connectivity index (χ3n) is 5.12. The van der Waals surface area contributed by atoms with Crippen LogP contribution < -0.4 is 10.5 Å². The molecule has 1 aromatic rings. The number of nitrogen functional groups attached to an aromatic ring is 1. The molecule has 1 saturated heterocycles. The highest BCUT2D eigenvalue weighted by atomic mass is 16.5. The Morgan fingerprint density at radius 2 is 2.08 bits per heavy atom. The molecule has 1 aliphatic rings. The number of anilines is 1. The van der Waals surface area contributed by atoms with Crippen LogP contribution >= 0.6 is 0 Å². The number of nitrogens with two attached hydrogens (primary N) is 1. The van der Waals surface area contributed by atoms with E-state index in [1.807, 2.05) is 18.2 Å². The van der Waals surface area contributed by atoms with Crippen LogP contribution in [0.1, 0.15) is 51.0 Å². The Hall–Kier alpha value is -1.55. The number of hydrogen-bond donors (Lipinski definition) is 1. The van der Waals surface area contributed by atoms with Crippen molar-refractivity contribution in [3.05, 3.63) is 23.8 Å². The number of Topliss-reactive ketones (excluding diaryl/α,β-unsaturated/α-hetero) is 1. The van der Waals surface area contributed by atoms with Crippen LogP contribution in [0.3, 0.4) is 0 Å². The average Bonchev–Trinajstić information content (AvgIpc) is 2.61. The highest BCUT2D eigenvalue weighted by Gasteiger charge is 2.19. The molecule has 2 N–H and O–H groups in total. The summed E-state index contributed by atoms with van der Waals surface area (Å²) in [7, 11) is 1.63. The van der Waals surface area contributed by atoms with Crippen molar-refractivity contribution in [3.8, 4) is 5.75 Å². The van der Waals surface area contributed by atoms with Gasteiger partial charge in [-0.3, -0.25) is 4.79 Å². The van der Waals surface area contributed by atoms with Crippen molar-refractivity contribution in [1.82, 2.24) is 4.90 Å². The summed E-state index contributed by atoms with van der Waals surface area (Å²) in [6, 6.07) is 5.50. The van der Waals surface area contributed by atoms with Crippen molar-refractivity contribution in [2.75, 3.05) is 32.5 Å². The zero-order valence-corrected chi connectivity index (χ0v) is 15.2. The van der Waals surface area contributed by atoms with Gasteiger partial charge in [0, 0.05) is 25.1 Å². The van der Waals surface area contributed by atoms with E-state index in [0.717, 1.165) is 36.9 Å². The molecule has 4 nitrogen and oxygen atoms in total. The molecule has 134 valence electrons. The zero-order valence-electron chi connectivity index (χ0n) is 15.2. The molecule has 0 radical (unpaired) electrons. The lowest BCUT2D eigenvalue weighted by Gasteiger charge is -2.31. The Morgan fingerprint density at radius 1 is 1.33 bits per heavy atom. The van der Waals surface area contributed by atoms with Gasteiger partial charge in [-0.05, 0) is 55.6 Å². The maximum absolute atomic E-state index is 12.3. The minimum absolute atomic E-state index is 0.253. The number of methoxy groups -OCH3 is 1. The Morgan fingerprint density at radius 3 is 2.75 bits per heavy atom. The molecule has 1 aliphatic heterocycles. The molecule has 0 aliphatic carbocycles. The molecule has 0 spiro atoms. The minimum atomic E-state index is 0.253. The first-order chi connectivity index (χ1) is 11.6. The van der Waals surface area contributed by atoms with Gasteiger partial charge in [0.15, 0.2) is 0 Å². The van der Waals surface area contributed by atoms with Crippen LogP contribution in [0.5, 0.6) is 5.75 Å². The largest absolute Gasteiger partial charge is 0.497 e. The Balaban J connectivity index is 1.72. The number of rotatable bonds is 9. The zero-order chi connectivity index (χ0) is 17.4. The summed E-state index contributed by atoms with van der Waals surface area (Å²) in [5, 5.41) is 0. The summed E-state index contributed by atoms with van der Waals surface area (Å²) < 4.78 is 5.21. The van der Waals surface area contributed by atoms with E-state index in [9.17, 15) is 4.79 Å². The number of piperidine rings is 1. The van der Waals surface area contributed by atoms with Crippen molar-refractivity contribution < 1.29 is 9.53 Å². The van der Waals surface area contributed by atoms with Crippen LogP contribution in [0.2, 0.25) is 0 Å². The lowest BCUT2D eigenvalue weighted by atomic mass is 9.91. The lowest BCUT2D eigenvalue weighted by molar-refractivity contribution is -0.118. The predicted molar refractivity (Wildman–Crippen MR) is 99.4 cm³/mol. The number of carbonyl (C=O) groups is 1. The van der Waals surface area contributed by atoms with Crippen molar-refractivity contribution in [1.29, 1.82) is 0 Å². The molecule has 0 amide bonds. The molecule has 1 fully saturated rings. The standard InChI is InChI=1S/C20H32N2O2/c1-3-4-5-16-8-11-22(12-9-16)13-10-18(23)14-17-15-19(24-2)6-7-20(17)21/h6-7,15-16H,3-5,8-14,21H2,1-2H3. The second-order valence-corrected chi connectivity index (χ2v) is 6.96. The van der Waals surface area contributed by atoms with Crippen molar-refractivity contribution in [3.63, 3.8) is 0 Å². The normalized spacial score (nSPS) is 16.2. The fourth-order valence-corrected chi connectivity index (χ4v) is 3.44. The van der Waals surface area contributed by atoms with E-state index in [2.05, 4.69) is 11.8 Å². The fraction of sp³-hybridized carbons (Fsp3) is 0.650. The van der Waals surface area contributed by atoms with Crippen LogP contribution in [-0.4, -0.2) is 37.4 Å². The minimum Gasteiger partial charge on any atom is -0.497 e. The number of benzene rings is 1. The third kappa shape index (κ3) is 5.82. The highest BCUT2D eigenvalue weighted by Crippen LogP contribution is 2.23. The van der Waals surface area contributed by atoms with Gasteiger partial charge in [0.25, 0.3) is 0 Å². The van der Waals surface area contributed by atoms with E-state index < -0.39 is 0 Å². The molecular weight excluding hydrogens is 300 g/mol. The summed E-state index contributed by atoms with van der Waals surface area (Å²) in [6.45, 7) is 5.42. The number of likely N-dealkylation sites (tertiary alicyclic amines) is 1. The van der Waals surface area contributed by atoms with E-state index >= 15 is 0 Å². The van der Waals surface area contributed by atoms with Gasteiger partial charge in [-0.2, -0.15) is 0 Å². The quantitative estimate of drug-likeness (QED) is 0.701. The second-order valence-electron chi connectivity index (χ2n) is 6.96. The first-order valence-electron chi connectivity index (χ1n) is 9.28. The van der Waals surface area contributed by atoms with Crippen LogP contribution in [0.4, 0.5) is 5.69 Å². The lowest BCUT2D eigenvalue weighted by Crippen LogP contribution is -2.35. The molecule has 1 aromatic carbocycles. The van der Waals surface area contributed by atoms with Crippen LogP contribution in [0, 0.1) is 5.92 Å². The second kappa shape index (κ2) is 9.67. The van der Waals surface area contributed by atoms with Crippen LogP contribution in [0.15, 0.2) is 18.2 Å². The van der Waals surface area contributed by atoms with Gasteiger partial charge in [-0.1, -0.05) is 26.2 Å². The summed E-state index contributed by atoms with van der Waals surface area (Å²) in [4.78, 5) is 14.7. The average molecular weight is 332 g/mol. The molecule has 0 bridgehead atoms. The number of carbonyl (C=O) groups excluding carboxylic acids is 1. The summed E-state index contributed by atoms with van der Waals surface area (Å²) in [6.07, 6.45) is 7.60. The fourth-order valence-electron chi connectivity index (χ4n) is 3.44. The summed E-state index contributed by atoms with van der Waals surface area (Å²) in [5.41, 5.74) is 7.51. The van der Waals surface area contributed by atoms with Crippen LogP contribution in [0.25, 0.3) is 0 Å². The third-order valence-corrected chi connectivity index (χ3v) is 5.12. The molecule has 1 heterocycles. The van der Waals surface area contributed by atoms with Gasteiger partial charge in [-0.15, -0.1) is 0 Å². The van der Waals surface area contributed by atoms with E-state index in [1.165, 1.54) is 32.1 Å². The van der Waals surface area contributed by atoms with Gasteiger partial charge in [0.2, 0.25) is 0 Å². The molecule has 0 atom stereocenters. The smallest absolute Gasteiger partial charge is 0.138 e. The maximum atomic E-state index is 12.3. The van der Waals surface area contributed by atoms with Crippen molar-refractivity contribution >= 4 is 11.5 Å². The van der Waals surface area contributed by atoms with Gasteiger partial charge >= 0.3 is 0 Å². The van der Waals surface area contributed by atoms with Gasteiger partial charge < -0.3 is 15.4 Å². The maximum Gasteiger partial charge on any atom is 0.138 e. The molecule has 0 aromatic heterocycles.